The minimum atomic E-state index is -2.74. The van der Waals surface area contributed by atoms with Crippen molar-refractivity contribution >= 4 is 28.8 Å². The second-order valence-corrected chi connectivity index (χ2v) is 6.18. The first-order valence-corrected chi connectivity index (χ1v) is 8.01. The number of benzene rings is 1. The lowest BCUT2D eigenvalue weighted by atomic mass is 9.96. The lowest BCUT2D eigenvalue weighted by Crippen LogP contribution is -2.42. The molecule has 2 heterocycles. The Balaban J connectivity index is 0.000000195. The van der Waals surface area contributed by atoms with Crippen molar-refractivity contribution in [3.05, 3.63) is 35.3 Å². The molecule has 1 aromatic carbocycles. The molecule has 0 radical (unpaired) electrons. The molecule has 0 saturated carbocycles. The Labute approximate surface area is 152 Å². The third kappa shape index (κ3) is 5.02. The van der Waals surface area contributed by atoms with Gasteiger partial charge in [-0.1, -0.05) is 0 Å². The predicted molar refractivity (Wildman–Crippen MR) is 90.8 cm³/mol. The van der Waals surface area contributed by atoms with E-state index in [0.717, 1.165) is 25.0 Å². The first-order valence-electron chi connectivity index (χ1n) is 8.01. The van der Waals surface area contributed by atoms with Crippen LogP contribution in [0.15, 0.2) is 18.2 Å². The van der Waals surface area contributed by atoms with E-state index >= 15 is 0 Å². The summed E-state index contributed by atoms with van der Waals surface area (Å²) in [4.78, 5) is 33.7. The van der Waals surface area contributed by atoms with Gasteiger partial charge in [0.15, 0.2) is 5.60 Å². The van der Waals surface area contributed by atoms with E-state index in [1.165, 1.54) is 22.7 Å². The van der Waals surface area contributed by atoms with E-state index in [1.54, 1.807) is 6.07 Å². The third-order valence-electron chi connectivity index (χ3n) is 4.10. The van der Waals surface area contributed by atoms with Crippen LogP contribution in [-0.2, 0) is 27.3 Å². The lowest BCUT2D eigenvalue weighted by Gasteiger charge is -2.18. The molecule has 0 unspecified atom stereocenters. The monoisotopic (exact) mass is 382 g/mol. The number of aromatic amines is 1. The average Bonchev–Trinajstić information content (AvgIpc) is 2.91. The van der Waals surface area contributed by atoms with Gasteiger partial charge in [0.1, 0.15) is 5.82 Å². The topological polar surface area (TPSA) is 160 Å². The van der Waals surface area contributed by atoms with Gasteiger partial charge in [0.2, 0.25) is 0 Å². The molecule has 3 rings (SSSR count). The smallest absolute Gasteiger partial charge is 0.336 e. The van der Waals surface area contributed by atoms with Crippen molar-refractivity contribution in [3.8, 4) is 0 Å². The van der Waals surface area contributed by atoms with Crippen LogP contribution in [0.5, 0.6) is 0 Å². The number of hydrogen-bond acceptors (Lipinski definition) is 5. The number of hydrogen-bond donors (Lipinski definition) is 6. The fourth-order valence-corrected chi connectivity index (χ4v) is 2.86. The number of aromatic nitrogens is 1. The Hall–Kier alpha value is -2.98. The Bertz CT molecular complexity index is 862. The van der Waals surface area contributed by atoms with Crippen molar-refractivity contribution in [2.75, 3.05) is 6.54 Å². The highest BCUT2D eigenvalue weighted by Gasteiger charge is 2.40. The van der Waals surface area contributed by atoms with Crippen molar-refractivity contribution in [2.45, 2.75) is 31.4 Å². The average molecular weight is 382 g/mol. The zero-order chi connectivity index (χ0) is 20.2. The number of carboxylic acids is 3. The van der Waals surface area contributed by atoms with Crippen molar-refractivity contribution in [1.82, 2.24) is 10.3 Å². The second-order valence-electron chi connectivity index (χ2n) is 6.18. The molecule has 0 atom stereocenters. The molecular weight excluding hydrogens is 363 g/mol. The summed E-state index contributed by atoms with van der Waals surface area (Å²) in [5.74, 6) is -5.20. The van der Waals surface area contributed by atoms with Crippen LogP contribution in [0, 0.1) is 5.82 Å². The number of fused-ring (bicyclic) bond motifs is 3. The molecule has 2 aromatic rings. The molecule has 1 aliphatic heterocycles. The highest BCUT2D eigenvalue weighted by molar-refractivity contribution is 5.88. The van der Waals surface area contributed by atoms with Crippen LogP contribution >= 0.6 is 0 Å². The molecule has 9 nitrogen and oxygen atoms in total. The number of carboxylic acid groups (broad SMARTS) is 3. The standard InChI is InChI=1S/C11H11FN2.C6H8O7/c12-7-1-2-8-9-3-4-13-6-11(9)14-10(8)5-7;7-3(8)1-6(13,5(11)12)2-4(9)10/h1-2,5,13-14H,3-4,6H2;13H,1-2H2,(H,7,8)(H,9,10)(H,11,12). The molecule has 10 heteroatoms. The van der Waals surface area contributed by atoms with Gasteiger partial charge < -0.3 is 30.7 Å². The summed E-state index contributed by atoms with van der Waals surface area (Å²) in [6.45, 7) is 1.88. The maximum atomic E-state index is 13.0. The maximum Gasteiger partial charge on any atom is 0.336 e. The van der Waals surface area contributed by atoms with E-state index in [9.17, 15) is 18.8 Å². The van der Waals surface area contributed by atoms with E-state index in [4.69, 9.17) is 20.4 Å². The summed E-state index contributed by atoms with van der Waals surface area (Å²) >= 11 is 0. The molecule has 1 aliphatic rings. The summed E-state index contributed by atoms with van der Waals surface area (Å²) < 4.78 is 13.0. The number of carbonyl (C=O) groups is 3. The molecule has 0 spiro atoms. The molecule has 0 fully saturated rings. The minimum absolute atomic E-state index is 0.177. The van der Waals surface area contributed by atoms with Gasteiger partial charge in [0.05, 0.1) is 12.8 Å². The van der Waals surface area contributed by atoms with Gasteiger partial charge in [-0.2, -0.15) is 0 Å². The molecule has 0 aliphatic carbocycles. The van der Waals surface area contributed by atoms with E-state index in [-0.39, 0.29) is 5.82 Å². The van der Waals surface area contributed by atoms with Crippen LogP contribution in [0.4, 0.5) is 4.39 Å². The minimum Gasteiger partial charge on any atom is -0.481 e. The number of halogens is 1. The van der Waals surface area contributed by atoms with Crippen molar-refractivity contribution in [3.63, 3.8) is 0 Å². The van der Waals surface area contributed by atoms with Crippen molar-refractivity contribution in [1.29, 1.82) is 0 Å². The van der Waals surface area contributed by atoms with Crippen LogP contribution in [-0.4, -0.2) is 55.5 Å². The summed E-state index contributed by atoms with van der Waals surface area (Å²) in [6.07, 6.45) is -1.26. The first kappa shape index (κ1) is 20.3. The Morgan fingerprint density at radius 3 is 2.30 bits per heavy atom. The van der Waals surface area contributed by atoms with Gasteiger partial charge in [-0.05, 0) is 36.7 Å². The molecule has 146 valence electrons. The van der Waals surface area contributed by atoms with Gasteiger partial charge in [-0.3, -0.25) is 9.59 Å². The van der Waals surface area contributed by atoms with Crippen LogP contribution in [0.2, 0.25) is 0 Å². The van der Waals surface area contributed by atoms with E-state index < -0.39 is 36.4 Å². The van der Waals surface area contributed by atoms with Crippen LogP contribution in [0.1, 0.15) is 24.1 Å². The molecule has 6 N–H and O–H groups in total. The Morgan fingerprint density at radius 1 is 1.11 bits per heavy atom. The van der Waals surface area contributed by atoms with Crippen molar-refractivity contribution < 1.29 is 39.2 Å². The fourth-order valence-electron chi connectivity index (χ4n) is 2.86. The summed E-state index contributed by atoms with van der Waals surface area (Å²) in [5.41, 5.74) is 0.729. The third-order valence-corrected chi connectivity index (χ3v) is 4.10. The van der Waals surface area contributed by atoms with Crippen LogP contribution < -0.4 is 5.32 Å². The van der Waals surface area contributed by atoms with E-state index in [2.05, 4.69) is 10.3 Å². The lowest BCUT2D eigenvalue weighted by molar-refractivity contribution is -0.170. The number of aliphatic carboxylic acids is 3. The van der Waals surface area contributed by atoms with Gasteiger partial charge in [0, 0.05) is 23.1 Å². The number of H-pyrrole nitrogens is 1. The van der Waals surface area contributed by atoms with E-state index in [1.807, 2.05) is 6.07 Å². The number of rotatable bonds is 5. The van der Waals surface area contributed by atoms with Crippen LogP contribution in [0.3, 0.4) is 0 Å². The zero-order valence-corrected chi connectivity index (χ0v) is 14.2. The molecular formula is C17H19FN2O7. The molecule has 0 bridgehead atoms. The SMILES string of the molecule is Fc1ccc2c3c([nH]c2c1)CNCC3.O=C(O)CC(O)(CC(=O)O)C(=O)O. The zero-order valence-electron chi connectivity index (χ0n) is 14.2. The highest BCUT2D eigenvalue weighted by Crippen LogP contribution is 2.25. The van der Waals surface area contributed by atoms with Crippen molar-refractivity contribution in [2.24, 2.45) is 0 Å². The van der Waals surface area contributed by atoms with Gasteiger partial charge >= 0.3 is 17.9 Å². The maximum absolute atomic E-state index is 13.0. The Kier molecular flexibility index (Phi) is 6.13. The molecule has 0 amide bonds. The predicted octanol–water partition coefficient (Wildman–Crippen LogP) is 0.704. The number of nitrogens with one attached hydrogen (secondary N) is 2. The number of aliphatic hydroxyl groups is 1. The summed E-state index contributed by atoms with van der Waals surface area (Å²) in [6, 6.07) is 4.96. The molecule has 27 heavy (non-hydrogen) atoms. The fraction of sp³-hybridized carbons (Fsp3) is 0.353. The quantitative estimate of drug-likeness (QED) is 0.441. The molecule has 0 saturated heterocycles. The van der Waals surface area contributed by atoms with Gasteiger partial charge in [0.25, 0.3) is 0 Å². The summed E-state index contributed by atoms with van der Waals surface area (Å²) in [7, 11) is 0. The highest BCUT2D eigenvalue weighted by atomic mass is 19.1. The van der Waals surface area contributed by atoms with E-state index in [0.29, 0.717) is 0 Å². The first-order chi connectivity index (χ1) is 12.6. The van der Waals surface area contributed by atoms with Gasteiger partial charge in [-0.25, -0.2) is 9.18 Å². The van der Waals surface area contributed by atoms with Crippen LogP contribution in [0.25, 0.3) is 10.9 Å². The van der Waals surface area contributed by atoms with Gasteiger partial charge in [-0.15, -0.1) is 0 Å². The second kappa shape index (κ2) is 8.14. The molecule has 1 aromatic heterocycles. The normalized spacial score (nSPS) is 13.4. The Morgan fingerprint density at radius 2 is 1.74 bits per heavy atom. The largest absolute Gasteiger partial charge is 0.481 e. The summed E-state index contributed by atoms with van der Waals surface area (Å²) in [5, 5.41) is 38.3.